The minimum atomic E-state index is -4.41. The maximum absolute atomic E-state index is 13.1. The number of nitrogens with one attached hydrogen (secondary N) is 1. The summed E-state index contributed by atoms with van der Waals surface area (Å²) in [6, 6.07) is 10.6. The summed E-state index contributed by atoms with van der Waals surface area (Å²) in [5, 5.41) is 20.9. The zero-order chi connectivity index (χ0) is 21.5. The molecule has 4 nitrogen and oxygen atoms in total. The molecule has 1 aromatic heterocycles. The number of rotatable bonds is 4. The van der Waals surface area contributed by atoms with Gasteiger partial charge in [0, 0.05) is 17.5 Å². The Balaban J connectivity index is 1.53. The van der Waals surface area contributed by atoms with Gasteiger partial charge in [0.15, 0.2) is 0 Å². The molecular formula is C21H15F4N3OS. The SMILES string of the molecule is N=C1C(c2nc(-c3ccc(C(F)(F)F)cc3)cs2)=C(O)CN1Cc1ccc(F)cc1. The zero-order valence-corrected chi connectivity index (χ0v) is 16.2. The Bertz CT molecular complexity index is 1120. The van der Waals surface area contributed by atoms with E-state index < -0.39 is 11.7 Å². The molecule has 3 aromatic rings. The highest BCUT2D eigenvalue weighted by molar-refractivity contribution is 7.11. The van der Waals surface area contributed by atoms with Gasteiger partial charge in [0.05, 0.1) is 23.4 Å². The van der Waals surface area contributed by atoms with Gasteiger partial charge in [0.2, 0.25) is 0 Å². The first-order chi connectivity index (χ1) is 14.2. The van der Waals surface area contributed by atoms with Crippen LogP contribution in [0.3, 0.4) is 0 Å². The molecule has 154 valence electrons. The predicted molar refractivity (Wildman–Crippen MR) is 107 cm³/mol. The quantitative estimate of drug-likeness (QED) is 0.517. The van der Waals surface area contributed by atoms with E-state index in [1.165, 1.54) is 35.6 Å². The summed E-state index contributed by atoms with van der Waals surface area (Å²) in [7, 11) is 0. The van der Waals surface area contributed by atoms with Crippen LogP contribution in [0.4, 0.5) is 17.6 Å². The van der Waals surface area contributed by atoms with Crippen LogP contribution in [0.25, 0.3) is 16.8 Å². The van der Waals surface area contributed by atoms with Gasteiger partial charge >= 0.3 is 6.18 Å². The highest BCUT2D eigenvalue weighted by Crippen LogP contribution is 2.34. The number of hydrogen-bond acceptors (Lipinski definition) is 4. The maximum Gasteiger partial charge on any atom is 0.416 e. The number of benzene rings is 2. The van der Waals surface area contributed by atoms with Crippen molar-refractivity contribution in [3.63, 3.8) is 0 Å². The molecule has 0 saturated heterocycles. The van der Waals surface area contributed by atoms with E-state index in [0.29, 0.717) is 28.4 Å². The number of aliphatic hydroxyl groups is 1. The largest absolute Gasteiger partial charge is 0.510 e. The van der Waals surface area contributed by atoms with E-state index >= 15 is 0 Å². The van der Waals surface area contributed by atoms with E-state index in [4.69, 9.17) is 5.41 Å². The number of nitrogens with zero attached hydrogens (tertiary/aromatic N) is 2. The number of thiazole rings is 1. The van der Waals surface area contributed by atoms with Crippen molar-refractivity contribution in [2.24, 2.45) is 0 Å². The first kappa shape index (κ1) is 20.1. The van der Waals surface area contributed by atoms with Crippen LogP contribution in [0.2, 0.25) is 0 Å². The summed E-state index contributed by atoms with van der Waals surface area (Å²) in [5.41, 5.74) is 1.32. The molecule has 2 heterocycles. The van der Waals surface area contributed by atoms with Crippen LogP contribution < -0.4 is 0 Å². The third-order valence-electron chi connectivity index (χ3n) is 4.69. The average Bonchev–Trinajstić information content (AvgIpc) is 3.28. The first-order valence-electron chi connectivity index (χ1n) is 8.86. The van der Waals surface area contributed by atoms with E-state index in [0.717, 1.165) is 17.7 Å². The van der Waals surface area contributed by atoms with Gasteiger partial charge in [-0.2, -0.15) is 13.2 Å². The van der Waals surface area contributed by atoms with Gasteiger partial charge in [0.25, 0.3) is 0 Å². The Hall–Kier alpha value is -3.20. The van der Waals surface area contributed by atoms with E-state index in [1.807, 2.05) is 0 Å². The molecule has 2 aromatic carbocycles. The molecule has 0 unspecified atom stereocenters. The van der Waals surface area contributed by atoms with Crippen molar-refractivity contribution in [1.29, 1.82) is 5.41 Å². The summed E-state index contributed by atoms with van der Waals surface area (Å²) in [6.45, 7) is 0.449. The molecule has 9 heteroatoms. The average molecular weight is 433 g/mol. The van der Waals surface area contributed by atoms with Gasteiger partial charge < -0.3 is 10.0 Å². The molecule has 0 fully saturated rings. The number of hydrogen-bond donors (Lipinski definition) is 2. The minimum Gasteiger partial charge on any atom is -0.510 e. The third-order valence-corrected chi connectivity index (χ3v) is 5.55. The fraction of sp³-hybridized carbons (Fsp3) is 0.143. The van der Waals surface area contributed by atoms with Crippen molar-refractivity contribution in [1.82, 2.24) is 9.88 Å². The van der Waals surface area contributed by atoms with Gasteiger partial charge in [-0.15, -0.1) is 11.3 Å². The van der Waals surface area contributed by atoms with Crippen LogP contribution in [-0.4, -0.2) is 27.4 Å². The number of aliphatic hydroxyl groups excluding tert-OH is 1. The van der Waals surface area contributed by atoms with Crippen LogP contribution in [0.15, 0.2) is 59.7 Å². The number of aromatic nitrogens is 1. The van der Waals surface area contributed by atoms with Crippen molar-refractivity contribution in [2.45, 2.75) is 12.7 Å². The lowest BCUT2D eigenvalue weighted by Gasteiger charge is -2.18. The van der Waals surface area contributed by atoms with Gasteiger partial charge in [-0.1, -0.05) is 24.3 Å². The molecule has 1 aliphatic heterocycles. The second-order valence-corrected chi connectivity index (χ2v) is 7.62. The van der Waals surface area contributed by atoms with Gasteiger partial charge in [0.1, 0.15) is 22.4 Å². The topological polar surface area (TPSA) is 60.2 Å². The van der Waals surface area contributed by atoms with E-state index in [1.54, 1.807) is 22.4 Å². The van der Waals surface area contributed by atoms with Crippen molar-refractivity contribution in [3.8, 4) is 11.3 Å². The molecule has 0 bridgehead atoms. The molecule has 4 rings (SSSR count). The predicted octanol–water partition coefficient (Wildman–Crippen LogP) is 5.73. The second-order valence-electron chi connectivity index (χ2n) is 6.77. The monoisotopic (exact) mass is 433 g/mol. The Kier molecular flexibility index (Phi) is 5.07. The minimum absolute atomic E-state index is 0.00423. The number of amidine groups is 1. The molecule has 0 spiro atoms. The zero-order valence-electron chi connectivity index (χ0n) is 15.4. The summed E-state index contributed by atoms with van der Waals surface area (Å²) in [4.78, 5) is 6.05. The Morgan fingerprint density at radius 1 is 1.07 bits per heavy atom. The molecule has 2 N–H and O–H groups in total. The molecule has 0 aliphatic carbocycles. The molecule has 0 saturated carbocycles. The summed E-state index contributed by atoms with van der Waals surface area (Å²) in [5.74, 6) is -0.268. The van der Waals surface area contributed by atoms with Crippen molar-refractivity contribution in [2.75, 3.05) is 6.54 Å². The van der Waals surface area contributed by atoms with Crippen LogP contribution in [0.1, 0.15) is 16.1 Å². The fourth-order valence-corrected chi connectivity index (χ4v) is 4.05. The molecule has 0 radical (unpaired) electrons. The lowest BCUT2D eigenvalue weighted by Crippen LogP contribution is -2.26. The fourth-order valence-electron chi connectivity index (χ4n) is 3.15. The van der Waals surface area contributed by atoms with Crippen molar-refractivity contribution < 1.29 is 22.7 Å². The highest BCUT2D eigenvalue weighted by Gasteiger charge is 2.31. The Morgan fingerprint density at radius 2 is 1.73 bits per heavy atom. The second kappa shape index (κ2) is 7.56. The normalized spacial score (nSPS) is 14.7. The summed E-state index contributed by atoms with van der Waals surface area (Å²) < 4.78 is 51.3. The molecule has 30 heavy (non-hydrogen) atoms. The van der Waals surface area contributed by atoms with Gasteiger partial charge in [-0.3, -0.25) is 5.41 Å². The van der Waals surface area contributed by atoms with E-state index in [2.05, 4.69) is 4.98 Å². The smallest absolute Gasteiger partial charge is 0.416 e. The standard InChI is InChI=1S/C21H15F4N3OS/c22-15-7-1-12(2-8-15)9-28-10-17(29)18(19(28)26)20-27-16(11-30-20)13-3-5-14(6-4-13)21(23,24)25/h1-8,11,26,29H,9-10H2. The van der Waals surface area contributed by atoms with Crippen LogP contribution >= 0.6 is 11.3 Å². The van der Waals surface area contributed by atoms with Crippen molar-refractivity contribution in [3.05, 3.63) is 81.6 Å². The molecule has 0 atom stereocenters. The Morgan fingerprint density at radius 3 is 2.37 bits per heavy atom. The molecule has 1 aliphatic rings. The highest BCUT2D eigenvalue weighted by atomic mass is 32.1. The lowest BCUT2D eigenvalue weighted by atomic mass is 10.1. The Labute approximate surface area is 173 Å². The number of halogens is 4. The van der Waals surface area contributed by atoms with E-state index in [-0.39, 0.29) is 24.0 Å². The summed E-state index contributed by atoms with van der Waals surface area (Å²) >= 11 is 1.20. The van der Waals surface area contributed by atoms with E-state index in [9.17, 15) is 22.7 Å². The van der Waals surface area contributed by atoms with Crippen LogP contribution in [0.5, 0.6) is 0 Å². The summed E-state index contributed by atoms with van der Waals surface area (Å²) in [6.07, 6.45) is -4.41. The van der Waals surface area contributed by atoms with Crippen LogP contribution in [0, 0.1) is 11.2 Å². The van der Waals surface area contributed by atoms with Crippen molar-refractivity contribution >= 4 is 22.7 Å². The first-order valence-corrected chi connectivity index (χ1v) is 9.74. The number of alkyl halides is 3. The van der Waals surface area contributed by atoms with Crippen LogP contribution in [-0.2, 0) is 12.7 Å². The van der Waals surface area contributed by atoms with Gasteiger partial charge in [-0.25, -0.2) is 9.37 Å². The van der Waals surface area contributed by atoms with Gasteiger partial charge in [-0.05, 0) is 29.8 Å². The molecule has 0 amide bonds. The molecular weight excluding hydrogens is 418 g/mol. The lowest BCUT2D eigenvalue weighted by molar-refractivity contribution is -0.137. The maximum atomic E-state index is 13.1. The third kappa shape index (κ3) is 3.93.